The van der Waals surface area contributed by atoms with Crippen LogP contribution < -0.4 is 4.74 Å². The summed E-state index contributed by atoms with van der Waals surface area (Å²) < 4.78 is 45.5. The topological polar surface area (TPSA) is 44.1 Å². The molecule has 0 bridgehead atoms. The van der Waals surface area contributed by atoms with Crippen molar-refractivity contribution in [2.24, 2.45) is 13.0 Å². The van der Waals surface area contributed by atoms with E-state index in [-0.39, 0.29) is 22.8 Å². The number of benzene rings is 2. The van der Waals surface area contributed by atoms with Gasteiger partial charge in [-0.2, -0.15) is 18.3 Å². The first-order chi connectivity index (χ1) is 12.7. The van der Waals surface area contributed by atoms with Crippen LogP contribution in [0.3, 0.4) is 0 Å². The Hall–Kier alpha value is -2.54. The molecule has 1 aliphatic carbocycles. The Morgan fingerprint density at radius 2 is 1.93 bits per heavy atom. The fourth-order valence-electron chi connectivity index (χ4n) is 3.23. The highest BCUT2D eigenvalue weighted by Gasteiger charge is 2.44. The molecule has 0 amide bonds. The number of hydrogen-bond acceptors (Lipinski definition) is 3. The van der Waals surface area contributed by atoms with Crippen LogP contribution in [0.1, 0.15) is 23.5 Å². The first-order valence-electron chi connectivity index (χ1n) is 8.24. The lowest BCUT2D eigenvalue weighted by molar-refractivity contribution is -0.137. The third-order valence-electron chi connectivity index (χ3n) is 4.62. The van der Waals surface area contributed by atoms with Gasteiger partial charge in [0.15, 0.2) is 0 Å². The molecule has 0 saturated heterocycles. The Bertz CT molecular complexity index is 1030. The number of ether oxygens (including phenoxy) is 1. The fourth-order valence-corrected chi connectivity index (χ4v) is 3.47. The van der Waals surface area contributed by atoms with Gasteiger partial charge in [-0.3, -0.25) is 9.48 Å². The van der Waals surface area contributed by atoms with Gasteiger partial charge in [0.2, 0.25) is 5.24 Å². The molecular weight excluding hydrogens is 381 g/mol. The molecule has 0 unspecified atom stereocenters. The van der Waals surface area contributed by atoms with Crippen LogP contribution in [0.25, 0.3) is 10.9 Å². The largest absolute Gasteiger partial charge is 0.457 e. The molecule has 1 heterocycles. The zero-order chi connectivity index (χ0) is 19.3. The van der Waals surface area contributed by atoms with E-state index in [0.29, 0.717) is 12.2 Å². The summed E-state index contributed by atoms with van der Waals surface area (Å²) >= 11 is 5.61. The van der Waals surface area contributed by atoms with Crippen LogP contribution in [0.2, 0.25) is 0 Å². The number of alkyl halides is 3. The average molecular weight is 395 g/mol. The van der Waals surface area contributed by atoms with Crippen molar-refractivity contribution in [3.05, 3.63) is 53.7 Å². The van der Waals surface area contributed by atoms with Gasteiger partial charge in [0.25, 0.3) is 0 Å². The first-order valence-corrected chi connectivity index (χ1v) is 8.62. The summed E-state index contributed by atoms with van der Waals surface area (Å²) in [5.41, 5.74) is 0.886. The van der Waals surface area contributed by atoms with Crippen LogP contribution in [0.15, 0.2) is 42.6 Å². The summed E-state index contributed by atoms with van der Waals surface area (Å²) in [6, 6.07) is 8.04. The van der Waals surface area contributed by atoms with E-state index in [1.54, 1.807) is 23.9 Å². The number of carbonyl (C=O) groups is 1. The number of nitrogens with zero attached hydrogens (tertiary/aromatic N) is 2. The van der Waals surface area contributed by atoms with Gasteiger partial charge < -0.3 is 4.74 Å². The second-order valence-electron chi connectivity index (χ2n) is 6.63. The molecule has 1 aliphatic rings. The van der Waals surface area contributed by atoms with Crippen molar-refractivity contribution in [1.82, 2.24) is 9.78 Å². The summed E-state index contributed by atoms with van der Waals surface area (Å²) in [5, 5.41) is 4.88. The molecule has 27 heavy (non-hydrogen) atoms. The van der Waals surface area contributed by atoms with Crippen LogP contribution in [-0.2, 0) is 18.0 Å². The number of hydrogen-bond donors (Lipinski definition) is 0. The lowest BCUT2D eigenvalue weighted by Crippen LogP contribution is -2.04. The highest BCUT2D eigenvalue weighted by Crippen LogP contribution is 2.51. The normalized spacial score (nSPS) is 19.3. The van der Waals surface area contributed by atoms with Crippen molar-refractivity contribution in [2.75, 3.05) is 0 Å². The lowest BCUT2D eigenvalue weighted by Gasteiger charge is -2.10. The average Bonchev–Trinajstić information content (AvgIpc) is 3.29. The summed E-state index contributed by atoms with van der Waals surface area (Å²) in [5.74, 6) is 0.498. The number of aromatic nitrogens is 2. The van der Waals surface area contributed by atoms with Gasteiger partial charge >= 0.3 is 6.18 Å². The minimum Gasteiger partial charge on any atom is -0.457 e. The minimum atomic E-state index is -4.39. The van der Waals surface area contributed by atoms with Gasteiger partial charge in [-0.1, -0.05) is 0 Å². The molecule has 0 radical (unpaired) electrons. The van der Waals surface area contributed by atoms with Crippen molar-refractivity contribution in [3.8, 4) is 11.5 Å². The van der Waals surface area contributed by atoms with Crippen molar-refractivity contribution in [1.29, 1.82) is 0 Å². The monoisotopic (exact) mass is 394 g/mol. The molecule has 140 valence electrons. The maximum atomic E-state index is 12.7. The summed E-state index contributed by atoms with van der Waals surface area (Å²) in [4.78, 5) is 11.4. The number of rotatable bonds is 4. The predicted octanol–water partition coefficient (Wildman–Crippen LogP) is 5.25. The highest BCUT2D eigenvalue weighted by atomic mass is 35.5. The molecule has 1 saturated carbocycles. The van der Waals surface area contributed by atoms with E-state index in [9.17, 15) is 18.0 Å². The molecule has 2 aromatic carbocycles. The molecule has 2 atom stereocenters. The van der Waals surface area contributed by atoms with Crippen LogP contribution >= 0.6 is 11.6 Å². The van der Waals surface area contributed by atoms with Crippen LogP contribution in [0.4, 0.5) is 13.2 Å². The number of halogens is 4. The molecular formula is C19H14ClF3N2O2. The third-order valence-corrected chi connectivity index (χ3v) is 4.91. The SMILES string of the molecule is Cn1cc2cc(Oc3ccc(C(F)(F)F)cc3)cc([C@@H]3C[C@H]3C(=O)Cl)c2n1. The molecule has 4 nitrogen and oxygen atoms in total. The summed E-state index contributed by atoms with van der Waals surface area (Å²) in [7, 11) is 1.79. The van der Waals surface area contributed by atoms with Gasteiger partial charge in [-0.15, -0.1) is 0 Å². The molecule has 1 fully saturated rings. The molecule has 0 aliphatic heterocycles. The second-order valence-corrected chi connectivity index (χ2v) is 7.00. The maximum absolute atomic E-state index is 12.7. The Labute approximate surface area is 157 Å². The van der Waals surface area contributed by atoms with Crippen LogP contribution in [0, 0.1) is 5.92 Å². The van der Waals surface area contributed by atoms with E-state index >= 15 is 0 Å². The smallest absolute Gasteiger partial charge is 0.416 e. The fraction of sp³-hybridized carbons (Fsp3) is 0.263. The Kier molecular flexibility index (Phi) is 4.14. The maximum Gasteiger partial charge on any atom is 0.416 e. The minimum absolute atomic E-state index is 0.0245. The van der Waals surface area contributed by atoms with Crippen molar-refractivity contribution in [2.45, 2.75) is 18.5 Å². The zero-order valence-corrected chi connectivity index (χ0v) is 14.9. The van der Waals surface area contributed by atoms with Crippen LogP contribution in [0.5, 0.6) is 11.5 Å². The summed E-state index contributed by atoms with van der Waals surface area (Å²) in [6.45, 7) is 0. The van der Waals surface area contributed by atoms with E-state index < -0.39 is 11.7 Å². The lowest BCUT2D eigenvalue weighted by atomic mass is 10.1. The number of carbonyl (C=O) groups excluding carboxylic acids is 1. The Morgan fingerprint density at radius 3 is 2.52 bits per heavy atom. The highest BCUT2D eigenvalue weighted by molar-refractivity contribution is 6.64. The second kappa shape index (κ2) is 6.27. The predicted molar refractivity (Wildman–Crippen MR) is 93.9 cm³/mol. The van der Waals surface area contributed by atoms with Crippen molar-refractivity contribution >= 4 is 27.7 Å². The first kappa shape index (κ1) is 17.9. The van der Waals surface area contributed by atoms with E-state index in [1.165, 1.54) is 12.1 Å². The van der Waals surface area contributed by atoms with Crippen molar-refractivity contribution < 1.29 is 22.7 Å². The molecule has 1 aromatic heterocycles. The Balaban J connectivity index is 1.67. The van der Waals surface area contributed by atoms with Gasteiger partial charge in [-0.25, -0.2) is 0 Å². The van der Waals surface area contributed by atoms with Gasteiger partial charge in [-0.05, 0) is 65.9 Å². The molecule has 8 heteroatoms. The van der Waals surface area contributed by atoms with Crippen molar-refractivity contribution in [3.63, 3.8) is 0 Å². The van der Waals surface area contributed by atoms with Gasteiger partial charge in [0, 0.05) is 24.5 Å². The van der Waals surface area contributed by atoms with E-state index in [0.717, 1.165) is 28.6 Å². The van der Waals surface area contributed by atoms with Gasteiger partial charge in [0.1, 0.15) is 11.5 Å². The quantitative estimate of drug-likeness (QED) is 0.567. The molecule has 0 spiro atoms. The van der Waals surface area contributed by atoms with E-state index in [2.05, 4.69) is 5.10 Å². The Morgan fingerprint density at radius 1 is 1.22 bits per heavy atom. The van der Waals surface area contributed by atoms with E-state index in [4.69, 9.17) is 16.3 Å². The standard InChI is InChI=1S/C19H14ClF3N2O2/c1-25-9-10-6-13(27-12-4-2-11(3-5-12)19(21,22)23)7-15(17(10)24-25)14-8-16(14)18(20)26/h2-7,9,14,16H,8H2,1H3/t14-,16+/m0/s1. The molecule has 3 aromatic rings. The number of aryl methyl sites for hydroxylation is 1. The van der Waals surface area contributed by atoms with Gasteiger partial charge in [0.05, 0.1) is 11.1 Å². The van der Waals surface area contributed by atoms with E-state index in [1.807, 2.05) is 6.20 Å². The van der Waals surface area contributed by atoms with Crippen LogP contribution in [-0.4, -0.2) is 15.0 Å². The number of fused-ring (bicyclic) bond motifs is 1. The summed E-state index contributed by atoms with van der Waals surface area (Å²) in [6.07, 6.45) is -1.93. The molecule has 4 rings (SSSR count). The molecule has 0 N–H and O–H groups in total. The third kappa shape index (κ3) is 3.51. The zero-order valence-electron chi connectivity index (χ0n) is 14.1.